The van der Waals surface area contributed by atoms with Crippen molar-refractivity contribution in [3.63, 3.8) is 0 Å². The molecule has 1 aliphatic heterocycles. The van der Waals surface area contributed by atoms with E-state index in [0.717, 1.165) is 0 Å². The summed E-state index contributed by atoms with van der Waals surface area (Å²) in [5.74, 6) is -2.86. The van der Waals surface area contributed by atoms with Gasteiger partial charge in [-0.3, -0.25) is 19.7 Å². The number of allylic oxidation sites excluding steroid dienone is 2. The molecule has 0 spiro atoms. The number of hydrogen-bond donors (Lipinski definition) is 1. The van der Waals surface area contributed by atoms with Gasteiger partial charge < -0.3 is 19.3 Å². The number of carbonyl (C=O) groups excluding carboxylic acids is 2. The van der Waals surface area contributed by atoms with Gasteiger partial charge in [0.05, 0.1) is 10.5 Å². The number of fused-ring (bicyclic) bond motifs is 1. The summed E-state index contributed by atoms with van der Waals surface area (Å²) in [6.07, 6.45) is 0. The van der Waals surface area contributed by atoms with Crippen LogP contribution in [0.15, 0.2) is 90.3 Å². The van der Waals surface area contributed by atoms with Crippen LogP contribution in [0.25, 0.3) is 0 Å². The molecule has 0 saturated carbocycles. The summed E-state index contributed by atoms with van der Waals surface area (Å²) in [6, 6.07) is 19.9. The van der Waals surface area contributed by atoms with Crippen molar-refractivity contribution in [2.24, 2.45) is 0 Å². The lowest BCUT2D eigenvalue weighted by molar-refractivity contribution is -0.385. The van der Waals surface area contributed by atoms with Gasteiger partial charge in [-0.15, -0.1) is 0 Å². The molecule has 1 aliphatic carbocycles. The van der Waals surface area contributed by atoms with Crippen LogP contribution >= 0.6 is 7.94 Å². The van der Waals surface area contributed by atoms with Crippen LogP contribution in [0, 0.1) is 10.1 Å². The summed E-state index contributed by atoms with van der Waals surface area (Å²) in [6.45, 7) is 0. The summed E-state index contributed by atoms with van der Waals surface area (Å²) in [7, 11) is -4.35. The van der Waals surface area contributed by atoms with Gasteiger partial charge >= 0.3 is 7.94 Å². The molecule has 5 rings (SSSR count). The average molecular weight is 462 g/mol. The Kier molecular flexibility index (Phi) is 4.92. The van der Waals surface area contributed by atoms with Crippen LogP contribution in [-0.2, 0) is 4.52 Å². The Labute approximate surface area is 188 Å². The number of nitrogens with zero attached hydrogens (tertiary/aromatic N) is 1. The molecule has 2 unspecified atom stereocenters. The third-order valence-corrected chi connectivity index (χ3v) is 7.24. The summed E-state index contributed by atoms with van der Waals surface area (Å²) in [5.41, 5.74) is -0.301. The highest BCUT2D eigenvalue weighted by Crippen LogP contribution is 2.67. The molecule has 10 heteroatoms. The number of rotatable bonds is 4. The normalized spacial score (nSPS) is 21.4. The number of ketones is 2. The molecule has 1 N–H and O–H groups in total. The summed E-state index contributed by atoms with van der Waals surface area (Å²) < 4.78 is 11.4. The Morgan fingerprint density at radius 1 is 0.879 bits per heavy atom. The van der Waals surface area contributed by atoms with Crippen LogP contribution in [0.2, 0.25) is 0 Å². The third kappa shape index (κ3) is 3.44. The minimum absolute atomic E-state index is 0.00702. The van der Waals surface area contributed by atoms with E-state index in [-0.39, 0.29) is 33.8 Å². The molecule has 3 aromatic rings. The summed E-state index contributed by atoms with van der Waals surface area (Å²) >= 11 is 0. The van der Waals surface area contributed by atoms with E-state index in [1.165, 1.54) is 48.5 Å². The maximum Gasteiger partial charge on any atom is 0.360 e. The quantitative estimate of drug-likeness (QED) is 0.353. The Bertz CT molecular complexity index is 1340. The minimum Gasteiger partial charge on any atom is -0.615 e. The molecule has 2 aliphatic rings. The number of nitro benzene ring substituents is 1. The van der Waals surface area contributed by atoms with Crippen molar-refractivity contribution < 1.29 is 28.5 Å². The number of benzene rings is 3. The van der Waals surface area contributed by atoms with Crippen LogP contribution < -0.4 is 14.7 Å². The zero-order chi connectivity index (χ0) is 23.2. The van der Waals surface area contributed by atoms with Crippen molar-refractivity contribution in [1.29, 1.82) is 0 Å². The highest BCUT2D eigenvalue weighted by Gasteiger charge is 2.56. The van der Waals surface area contributed by atoms with Crippen LogP contribution in [0.5, 0.6) is 5.75 Å². The van der Waals surface area contributed by atoms with Crippen molar-refractivity contribution in [2.75, 3.05) is 0 Å². The molecule has 1 heterocycles. The first-order chi connectivity index (χ1) is 15.9. The first kappa shape index (κ1) is 20.8. The lowest BCUT2D eigenvalue weighted by atomic mass is 9.91. The number of carbonyl (C=O) groups is 2. The van der Waals surface area contributed by atoms with Crippen LogP contribution in [-0.4, -0.2) is 16.5 Å². The number of Topliss-reactive ketones (excluding diaryl/α,β-unsaturated/α-hetero) is 2. The van der Waals surface area contributed by atoms with E-state index in [4.69, 9.17) is 9.05 Å². The first-order valence-corrected chi connectivity index (χ1v) is 11.5. The number of hydrogen-bond acceptors (Lipinski definition) is 8. The van der Waals surface area contributed by atoms with Gasteiger partial charge in [-0.05, 0) is 18.2 Å². The molecule has 33 heavy (non-hydrogen) atoms. The lowest BCUT2D eigenvalue weighted by Gasteiger charge is -2.39. The van der Waals surface area contributed by atoms with E-state index in [1.807, 2.05) is 0 Å². The van der Waals surface area contributed by atoms with E-state index in [9.17, 15) is 24.6 Å². The molecule has 164 valence electrons. The molecule has 2 atom stereocenters. The predicted molar refractivity (Wildman–Crippen MR) is 116 cm³/mol. The number of para-hydroxylation sites is 2. The molecule has 0 bridgehead atoms. The van der Waals surface area contributed by atoms with Crippen molar-refractivity contribution >= 4 is 25.2 Å². The van der Waals surface area contributed by atoms with Crippen LogP contribution in [0.3, 0.4) is 0 Å². The van der Waals surface area contributed by atoms with Crippen molar-refractivity contribution in [1.82, 2.24) is 5.32 Å². The molecule has 0 aromatic heterocycles. The highest BCUT2D eigenvalue weighted by molar-refractivity contribution is 7.60. The van der Waals surface area contributed by atoms with E-state index in [1.54, 1.807) is 30.3 Å². The Hall–Kier alpha value is -4.07. The Morgan fingerprint density at radius 3 is 2.18 bits per heavy atom. The van der Waals surface area contributed by atoms with Crippen LogP contribution in [0.4, 0.5) is 5.69 Å². The first-order valence-electron chi connectivity index (χ1n) is 9.85. The van der Waals surface area contributed by atoms with Gasteiger partial charge in [-0.1, -0.05) is 54.6 Å². The zero-order valence-corrected chi connectivity index (χ0v) is 17.7. The molecule has 0 fully saturated rings. The van der Waals surface area contributed by atoms with Gasteiger partial charge in [0.1, 0.15) is 5.70 Å². The minimum atomic E-state index is -4.35. The molecule has 0 radical (unpaired) electrons. The third-order valence-electron chi connectivity index (χ3n) is 5.30. The fourth-order valence-electron chi connectivity index (χ4n) is 3.80. The largest absolute Gasteiger partial charge is 0.615 e. The fraction of sp³-hybridized carbons (Fsp3) is 0.0435. The Balaban J connectivity index is 1.67. The number of nitrogens with one attached hydrogen (secondary N) is 1. The van der Waals surface area contributed by atoms with Gasteiger partial charge in [0, 0.05) is 17.2 Å². The lowest BCUT2D eigenvalue weighted by Crippen LogP contribution is -2.43. The SMILES string of the molecule is O=C1C2=C(O[P+]([O-])(Oc3ccccc3)C(c3ccccc3[N+](=O)[O-])N2)C(=O)c2ccccc21. The smallest absolute Gasteiger partial charge is 0.360 e. The van der Waals surface area contributed by atoms with Gasteiger partial charge in [0.25, 0.3) is 11.4 Å². The van der Waals surface area contributed by atoms with Gasteiger partial charge in [0.2, 0.25) is 17.3 Å². The highest BCUT2D eigenvalue weighted by atomic mass is 31.2. The molecule has 3 aromatic carbocycles. The van der Waals surface area contributed by atoms with Gasteiger partial charge in [-0.25, -0.2) is 0 Å². The summed E-state index contributed by atoms with van der Waals surface area (Å²) in [5, 5.41) is 14.5. The topological polar surface area (TPSA) is 131 Å². The van der Waals surface area contributed by atoms with Crippen molar-refractivity contribution in [3.8, 4) is 5.75 Å². The van der Waals surface area contributed by atoms with E-state index in [2.05, 4.69) is 5.32 Å². The van der Waals surface area contributed by atoms with E-state index in [0.29, 0.717) is 0 Å². The second kappa shape index (κ2) is 7.81. The van der Waals surface area contributed by atoms with Gasteiger partial charge in [-0.2, -0.15) is 0 Å². The molecular weight excluding hydrogens is 447 g/mol. The number of nitro groups is 1. The molecule has 0 saturated heterocycles. The molecule has 0 amide bonds. The Morgan fingerprint density at radius 2 is 1.48 bits per heavy atom. The maximum atomic E-state index is 14.1. The van der Waals surface area contributed by atoms with Crippen molar-refractivity contribution in [3.05, 3.63) is 117 Å². The second-order valence-corrected chi connectivity index (χ2v) is 9.27. The van der Waals surface area contributed by atoms with E-state index >= 15 is 0 Å². The standard InChI is InChI=1S/C23H15N2O7P/c26-20-15-10-4-5-11-16(15)21(27)22-19(20)24-23(17-12-6-7-13-18(17)25(28)29)33(30,32-22)31-14-8-2-1-3-9-14/h1-13,23-24H. The maximum absolute atomic E-state index is 14.1. The fourth-order valence-corrected chi connectivity index (χ4v) is 5.74. The van der Waals surface area contributed by atoms with Crippen LogP contribution in [0.1, 0.15) is 32.1 Å². The summed E-state index contributed by atoms with van der Waals surface area (Å²) in [4.78, 5) is 51.4. The zero-order valence-electron chi connectivity index (χ0n) is 16.8. The monoisotopic (exact) mass is 462 g/mol. The molecular formula is C23H15N2O7P. The second-order valence-electron chi connectivity index (χ2n) is 7.31. The van der Waals surface area contributed by atoms with Crippen molar-refractivity contribution in [2.45, 2.75) is 5.78 Å². The van der Waals surface area contributed by atoms with Gasteiger partial charge in [0.15, 0.2) is 5.75 Å². The predicted octanol–water partition coefficient (Wildman–Crippen LogP) is 3.71. The van der Waals surface area contributed by atoms with E-state index < -0.39 is 36.0 Å². The molecule has 9 nitrogen and oxygen atoms in total. The average Bonchev–Trinajstić information content (AvgIpc) is 2.83.